The Balaban J connectivity index is 1.82. The molecule has 2 aromatic rings. The molecule has 0 unspecified atom stereocenters. The van der Waals surface area contributed by atoms with Crippen LogP contribution in [-0.2, 0) is 9.59 Å². The number of ether oxygens (including phenoxy) is 2. The summed E-state index contributed by atoms with van der Waals surface area (Å²) in [6, 6.07) is 13.8. The van der Waals surface area contributed by atoms with Crippen LogP contribution in [0.4, 0.5) is 5.69 Å². The van der Waals surface area contributed by atoms with E-state index in [-0.39, 0.29) is 10.6 Å². The molecule has 0 bridgehead atoms. The zero-order valence-corrected chi connectivity index (χ0v) is 16.8. The molecule has 0 saturated heterocycles. The molecular weight excluding hydrogens is 378 g/mol. The van der Waals surface area contributed by atoms with Crippen molar-refractivity contribution in [3.05, 3.63) is 59.1 Å². The Labute approximate surface area is 169 Å². The predicted octanol–water partition coefficient (Wildman–Crippen LogP) is 4.64. The maximum absolute atomic E-state index is 12.9. The van der Waals surface area contributed by atoms with Crippen molar-refractivity contribution < 1.29 is 19.1 Å². The number of hydrogen-bond acceptors (Lipinski definition) is 4. The van der Waals surface area contributed by atoms with Gasteiger partial charge in [-0.15, -0.1) is 0 Å². The number of carbonyl (C=O) groups is 2. The monoisotopic (exact) mass is 399 g/mol. The third-order valence-electron chi connectivity index (χ3n) is 4.16. The molecule has 0 aliphatic carbocycles. The van der Waals surface area contributed by atoms with Crippen LogP contribution in [0.5, 0.6) is 11.5 Å². The lowest BCUT2D eigenvalue weighted by molar-refractivity contribution is -0.119. The van der Waals surface area contributed by atoms with E-state index in [9.17, 15) is 9.59 Å². The second-order valence-corrected chi connectivity index (χ2v) is 7.17. The fourth-order valence-corrected chi connectivity index (χ4v) is 3.10. The molecule has 0 N–H and O–H groups in total. The number of nitrogens with zero attached hydrogens (tertiary/aromatic N) is 1. The van der Waals surface area contributed by atoms with Crippen LogP contribution < -0.4 is 14.4 Å². The van der Waals surface area contributed by atoms with Gasteiger partial charge in [-0.3, -0.25) is 9.59 Å². The Hall–Kier alpha value is -2.79. The van der Waals surface area contributed by atoms with Crippen molar-refractivity contribution in [1.29, 1.82) is 0 Å². The molecule has 1 aliphatic rings. The van der Waals surface area contributed by atoms with Crippen LogP contribution in [0, 0.1) is 5.92 Å². The smallest absolute Gasteiger partial charge is 0.277 e. The summed E-state index contributed by atoms with van der Waals surface area (Å²) >= 11 is 6.23. The quantitative estimate of drug-likeness (QED) is 0.636. The maximum Gasteiger partial charge on any atom is 0.277 e. The summed E-state index contributed by atoms with van der Waals surface area (Å²) in [5.74, 6) is 0.790. The maximum atomic E-state index is 12.9. The molecule has 0 radical (unpaired) electrons. The molecule has 1 aliphatic heterocycles. The second-order valence-electron chi connectivity index (χ2n) is 6.79. The average molecular weight is 400 g/mol. The van der Waals surface area contributed by atoms with Crippen molar-refractivity contribution in [2.45, 2.75) is 20.8 Å². The molecule has 0 aromatic heterocycles. The number of carbonyl (C=O) groups excluding carboxylic acids is 2. The molecule has 2 amide bonds. The lowest BCUT2D eigenvalue weighted by Crippen LogP contribution is -2.31. The molecule has 0 fully saturated rings. The highest BCUT2D eigenvalue weighted by atomic mass is 35.5. The van der Waals surface area contributed by atoms with Crippen LogP contribution >= 0.6 is 11.6 Å². The van der Waals surface area contributed by atoms with Crippen molar-refractivity contribution in [2.24, 2.45) is 5.92 Å². The molecule has 6 heteroatoms. The van der Waals surface area contributed by atoms with Crippen molar-refractivity contribution in [1.82, 2.24) is 0 Å². The number of halogens is 1. The Morgan fingerprint density at radius 1 is 0.893 bits per heavy atom. The van der Waals surface area contributed by atoms with Crippen LogP contribution in [-0.4, -0.2) is 25.0 Å². The van der Waals surface area contributed by atoms with Crippen LogP contribution in [0.15, 0.2) is 53.6 Å². The largest absolute Gasteiger partial charge is 0.494 e. The minimum Gasteiger partial charge on any atom is -0.494 e. The molecular formula is C22H22ClNO4. The van der Waals surface area contributed by atoms with Crippen LogP contribution in [0.3, 0.4) is 0 Å². The fourth-order valence-electron chi connectivity index (χ4n) is 2.83. The van der Waals surface area contributed by atoms with E-state index in [1.54, 1.807) is 48.5 Å². The fraction of sp³-hybridized carbons (Fsp3) is 0.273. The molecule has 1 heterocycles. The lowest BCUT2D eigenvalue weighted by atomic mass is 10.1. The van der Waals surface area contributed by atoms with Crippen molar-refractivity contribution in [3.63, 3.8) is 0 Å². The molecule has 0 atom stereocenters. The van der Waals surface area contributed by atoms with Crippen LogP contribution in [0.1, 0.15) is 26.3 Å². The van der Waals surface area contributed by atoms with Gasteiger partial charge in [-0.05, 0) is 54.8 Å². The van der Waals surface area contributed by atoms with Gasteiger partial charge in [0.15, 0.2) is 0 Å². The molecule has 3 rings (SSSR count). The standard InChI is InChI=1S/C22H22ClNO4/c1-4-27-17-9-5-15(6-10-17)19-20(23)22(26)24(21(19)25)16-7-11-18(12-8-16)28-13-14(2)3/h5-12,14H,4,13H2,1-3H3. The number of imide groups is 1. The molecule has 0 saturated carbocycles. The van der Waals surface area contributed by atoms with Gasteiger partial charge in [-0.1, -0.05) is 37.6 Å². The van der Waals surface area contributed by atoms with Gasteiger partial charge in [0.25, 0.3) is 11.8 Å². The Morgan fingerprint density at radius 3 is 2.04 bits per heavy atom. The molecule has 2 aromatic carbocycles. The third kappa shape index (κ3) is 4.04. The van der Waals surface area contributed by atoms with E-state index >= 15 is 0 Å². The summed E-state index contributed by atoms with van der Waals surface area (Å²) < 4.78 is 11.1. The number of amides is 2. The van der Waals surface area contributed by atoms with Gasteiger partial charge in [-0.25, -0.2) is 4.90 Å². The van der Waals surface area contributed by atoms with E-state index in [1.807, 2.05) is 6.92 Å². The summed E-state index contributed by atoms with van der Waals surface area (Å²) in [7, 11) is 0. The summed E-state index contributed by atoms with van der Waals surface area (Å²) in [5, 5.41) is -0.0886. The van der Waals surface area contributed by atoms with Gasteiger partial charge >= 0.3 is 0 Å². The second kappa shape index (κ2) is 8.48. The van der Waals surface area contributed by atoms with Crippen LogP contribution in [0.2, 0.25) is 0 Å². The average Bonchev–Trinajstić information content (AvgIpc) is 2.90. The molecule has 0 spiro atoms. The van der Waals surface area contributed by atoms with Crippen LogP contribution in [0.25, 0.3) is 5.57 Å². The molecule has 28 heavy (non-hydrogen) atoms. The summed E-state index contributed by atoms with van der Waals surface area (Å²) in [6.07, 6.45) is 0. The van der Waals surface area contributed by atoms with Gasteiger partial charge in [0.05, 0.1) is 24.5 Å². The van der Waals surface area contributed by atoms with E-state index in [4.69, 9.17) is 21.1 Å². The predicted molar refractivity (Wildman–Crippen MR) is 110 cm³/mol. The minimum absolute atomic E-state index is 0.0886. The summed E-state index contributed by atoms with van der Waals surface area (Å²) in [6.45, 7) is 7.16. The van der Waals surface area contributed by atoms with Gasteiger partial charge in [0, 0.05) is 0 Å². The molecule has 146 valence electrons. The Kier molecular flexibility index (Phi) is 6.05. The van der Waals surface area contributed by atoms with E-state index in [2.05, 4.69) is 13.8 Å². The third-order valence-corrected chi connectivity index (χ3v) is 4.51. The van der Waals surface area contributed by atoms with Gasteiger partial charge < -0.3 is 9.47 Å². The first-order valence-electron chi connectivity index (χ1n) is 9.17. The zero-order valence-electron chi connectivity index (χ0n) is 16.1. The summed E-state index contributed by atoms with van der Waals surface area (Å²) in [5.41, 5.74) is 1.21. The van der Waals surface area contributed by atoms with Crippen molar-refractivity contribution >= 4 is 34.7 Å². The highest BCUT2D eigenvalue weighted by Crippen LogP contribution is 2.35. The Morgan fingerprint density at radius 2 is 1.46 bits per heavy atom. The number of hydrogen-bond donors (Lipinski definition) is 0. The summed E-state index contributed by atoms with van der Waals surface area (Å²) in [4.78, 5) is 26.7. The van der Waals surface area contributed by atoms with Crippen molar-refractivity contribution in [2.75, 3.05) is 18.1 Å². The van der Waals surface area contributed by atoms with E-state index in [1.165, 1.54) is 0 Å². The van der Waals surface area contributed by atoms with Gasteiger partial charge in [0.1, 0.15) is 16.5 Å². The minimum atomic E-state index is -0.536. The van der Waals surface area contributed by atoms with Gasteiger partial charge in [-0.2, -0.15) is 0 Å². The lowest BCUT2D eigenvalue weighted by Gasteiger charge is -2.16. The van der Waals surface area contributed by atoms with Gasteiger partial charge in [0.2, 0.25) is 0 Å². The SMILES string of the molecule is CCOc1ccc(C2=C(Cl)C(=O)N(c3ccc(OCC(C)C)cc3)C2=O)cc1. The number of rotatable bonds is 7. The topological polar surface area (TPSA) is 55.8 Å². The van der Waals surface area contributed by atoms with E-state index < -0.39 is 11.8 Å². The highest BCUT2D eigenvalue weighted by molar-refractivity contribution is 6.60. The van der Waals surface area contributed by atoms with E-state index in [0.29, 0.717) is 41.9 Å². The first-order chi connectivity index (χ1) is 13.4. The first-order valence-corrected chi connectivity index (χ1v) is 9.54. The van der Waals surface area contributed by atoms with E-state index in [0.717, 1.165) is 4.90 Å². The number of anilines is 1. The first kappa shape index (κ1) is 20.0. The Bertz CT molecular complexity index is 901. The normalized spacial score (nSPS) is 14.2. The number of benzene rings is 2. The zero-order chi connectivity index (χ0) is 20.3. The molecule has 5 nitrogen and oxygen atoms in total. The highest BCUT2D eigenvalue weighted by Gasteiger charge is 2.39. The van der Waals surface area contributed by atoms with Crippen molar-refractivity contribution in [3.8, 4) is 11.5 Å².